The molecule has 0 amide bonds. The molecule has 11 heavy (non-hydrogen) atoms. The van der Waals surface area contributed by atoms with Crippen LogP contribution in [0.25, 0.3) is 0 Å². The largest absolute Gasteiger partial charge is 0.0928 e. The van der Waals surface area contributed by atoms with Crippen LogP contribution in [0.4, 0.5) is 0 Å². The Balaban J connectivity index is 2.59. The van der Waals surface area contributed by atoms with Crippen LogP contribution in [0.3, 0.4) is 0 Å². The van der Waals surface area contributed by atoms with Crippen LogP contribution in [0.2, 0.25) is 0 Å². The van der Waals surface area contributed by atoms with Crippen molar-refractivity contribution in [3.8, 4) is 0 Å². The summed E-state index contributed by atoms with van der Waals surface area (Å²) in [6.45, 7) is 0. The molecule has 0 aliphatic heterocycles. The minimum Gasteiger partial charge on any atom is -0.0928 e. The maximum Gasteiger partial charge on any atom is 0.0428 e. The Labute approximate surface area is 93.2 Å². The lowest BCUT2D eigenvalue weighted by Crippen LogP contribution is -2.33. The third-order valence-electron chi connectivity index (χ3n) is 2.04. The van der Waals surface area contributed by atoms with Crippen molar-refractivity contribution in [1.29, 1.82) is 0 Å². The highest BCUT2D eigenvalue weighted by Gasteiger charge is 2.33. The highest BCUT2D eigenvalue weighted by molar-refractivity contribution is 9.12. The van der Waals surface area contributed by atoms with E-state index in [1.54, 1.807) is 0 Å². The maximum absolute atomic E-state index is 3.79. The van der Waals surface area contributed by atoms with E-state index in [2.05, 4.69) is 59.9 Å². The van der Waals surface area contributed by atoms with E-state index in [0.29, 0.717) is 4.83 Å². The van der Waals surface area contributed by atoms with E-state index < -0.39 is 0 Å². The first kappa shape index (κ1) is 10.3. The van der Waals surface area contributed by atoms with Gasteiger partial charge >= 0.3 is 0 Å². The Bertz CT molecular complexity index is 155. The lowest BCUT2D eigenvalue weighted by molar-refractivity contribution is 0.554. The quantitative estimate of drug-likeness (QED) is 0.523. The molecule has 0 N–H and O–H groups in total. The van der Waals surface area contributed by atoms with Gasteiger partial charge in [0.2, 0.25) is 0 Å². The van der Waals surface area contributed by atoms with Crippen molar-refractivity contribution in [3.63, 3.8) is 0 Å². The van der Waals surface area contributed by atoms with Gasteiger partial charge in [0, 0.05) is 14.5 Å². The molecule has 3 heteroatoms. The molecule has 0 radical (unpaired) electrons. The summed E-state index contributed by atoms with van der Waals surface area (Å²) in [7, 11) is 0. The summed E-state index contributed by atoms with van der Waals surface area (Å²) in [6.07, 6.45) is 7.95. The van der Waals surface area contributed by atoms with Gasteiger partial charge in [-0.15, -0.1) is 0 Å². The molecule has 0 saturated heterocycles. The second kappa shape index (κ2) is 4.43. The van der Waals surface area contributed by atoms with E-state index in [-0.39, 0.29) is 4.32 Å². The van der Waals surface area contributed by atoms with Gasteiger partial charge in [0.15, 0.2) is 0 Å². The van der Waals surface area contributed by atoms with Gasteiger partial charge in [-0.3, -0.25) is 0 Å². The normalized spacial score (nSPS) is 37.5. The van der Waals surface area contributed by atoms with E-state index >= 15 is 0 Å². The predicted molar refractivity (Wildman–Crippen MR) is 61.2 cm³/mol. The molecule has 0 nitrogen and oxygen atoms in total. The number of hydrogen-bond donors (Lipinski definition) is 0. The first-order chi connectivity index (χ1) is 5.19. The van der Waals surface area contributed by atoms with Crippen molar-refractivity contribution in [1.82, 2.24) is 0 Å². The van der Waals surface area contributed by atoms with Crippen molar-refractivity contribution < 1.29 is 0 Å². The molecule has 1 rings (SSSR count). The van der Waals surface area contributed by atoms with E-state index in [1.807, 2.05) is 0 Å². The van der Waals surface area contributed by atoms with Gasteiger partial charge in [-0.1, -0.05) is 59.9 Å². The molecule has 0 aromatic heterocycles. The molecular weight excluding hydrogens is 336 g/mol. The maximum atomic E-state index is 3.79. The molecular formula is C8H11Br3. The monoisotopic (exact) mass is 344 g/mol. The molecule has 64 valence electrons. The van der Waals surface area contributed by atoms with Crippen LogP contribution in [0.5, 0.6) is 0 Å². The molecule has 2 atom stereocenters. The third-order valence-corrected chi connectivity index (χ3v) is 5.57. The smallest absolute Gasteiger partial charge is 0.0428 e. The van der Waals surface area contributed by atoms with Crippen molar-refractivity contribution in [2.24, 2.45) is 0 Å². The van der Waals surface area contributed by atoms with Crippen molar-refractivity contribution >= 4 is 47.8 Å². The molecule has 0 heterocycles. The summed E-state index contributed by atoms with van der Waals surface area (Å²) in [4.78, 5) is 0.581. The third kappa shape index (κ3) is 2.56. The van der Waals surface area contributed by atoms with Gasteiger partial charge in [0.1, 0.15) is 0 Å². The summed E-state index contributed by atoms with van der Waals surface area (Å²) in [5.74, 6) is 0. The number of rotatable bonds is 2. The molecule has 0 bridgehead atoms. The van der Waals surface area contributed by atoms with E-state index in [1.165, 1.54) is 6.42 Å². The first-order valence-corrected chi connectivity index (χ1v) is 6.56. The lowest BCUT2D eigenvalue weighted by Gasteiger charge is -2.33. The van der Waals surface area contributed by atoms with Crippen LogP contribution in [-0.2, 0) is 0 Å². The van der Waals surface area contributed by atoms with Crippen LogP contribution < -0.4 is 0 Å². The first-order valence-electron chi connectivity index (χ1n) is 3.73. The molecule has 1 aliphatic carbocycles. The molecule has 0 spiro atoms. The lowest BCUT2D eigenvalue weighted by atomic mass is 9.92. The zero-order valence-corrected chi connectivity index (χ0v) is 11.0. The number of halogens is 3. The van der Waals surface area contributed by atoms with Crippen LogP contribution in [0.15, 0.2) is 12.2 Å². The predicted octanol–water partition coefficient (Wildman–Crippen LogP) is 4.02. The molecule has 2 unspecified atom stereocenters. The Kier molecular flexibility index (Phi) is 4.13. The Hall–Kier alpha value is 1.18. The average Bonchev–Trinajstić information content (AvgIpc) is 1.96. The van der Waals surface area contributed by atoms with Gasteiger partial charge in [0.05, 0.1) is 0 Å². The van der Waals surface area contributed by atoms with Gasteiger partial charge in [-0.05, 0) is 19.3 Å². The Morgan fingerprint density at radius 1 is 1.45 bits per heavy atom. The van der Waals surface area contributed by atoms with Crippen LogP contribution in [0, 0.1) is 0 Å². The SMILES string of the molecule is BrCCC1(Br)CC=CCC1Br. The fourth-order valence-electron chi connectivity index (χ4n) is 1.25. The molecule has 0 aromatic rings. The zero-order valence-electron chi connectivity index (χ0n) is 6.19. The molecule has 0 aromatic carbocycles. The fourth-order valence-corrected chi connectivity index (χ4v) is 3.69. The second-order valence-corrected chi connectivity index (χ2v) is 6.33. The van der Waals surface area contributed by atoms with Crippen LogP contribution in [-0.4, -0.2) is 14.5 Å². The minimum atomic E-state index is 0.283. The van der Waals surface area contributed by atoms with Crippen LogP contribution in [0.1, 0.15) is 19.3 Å². The van der Waals surface area contributed by atoms with E-state index in [9.17, 15) is 0 Å². The summed E-state index contributed by atoms with van der Waals surface area (Å²) < 4.78 is 0.283. The molecule has 1 aliphatic rings. The topological polar surface area (TPSA) is 0 Å². The van der Waals surface area contributed by atoms with Gasteiger partial charge in [-0.25, -0.2) is 0 Å². The standard InChI is InChI=1S/C8H11Br3/c9-6-5-8(11)4-2-1-3-7(8)10/h1-2,7H,3-6H2. The molecule has 0 fully saturated rings. The number of allylic oxidation sites excluding steroid dienone is 2. The highest BCUT2D eigenvalue weighted by Crippen LogP contribution is 2.40. The Morgan fingerprint density at radius 3 is 2.73 bits per heavy atom. The second-order valence-electron chi connectivity index (χ2n) is 2.85. The van der Waals surface area contributed by atoms with Gasteiger partial charge in [0.25, 0.3) is 0 Å². The zero-order chi connectivity index (χ0) is 8.32. The minimum absolute atomic E-state index is 0.283. The van der Waals surface area contributed by atoms with Crippen molar-refractivity contribution in [2.75, 3.05) is 5.33 Å². The van der Waals surface area contributed by atoms with E-state index in [0.717, 1.165) is 18.2 Å². The van der Waals surface area contributed by atoms with Crippen LogP contribution >= 0.6 is 47.8 Å². The summed E-state index contributed by atoms with van der Waals surface area (Å²) in [5.41, 5.74) is 0. The van der Waals surface area contributed by atoms with Gasteiger partial charge in [-0.2, -0.15) is 0 Å². The highest BCUT2D eigenvalue weighted by atomic mass is 79.9. The fraction of sp³-hybridized carbons (Fsp3) is 0.750. The molecule has 0 saturated carbocycles. The Morgan fingerprint density at radius 2 is 2.18 bits per heavy atom. The summed E-state index contributed by atoms with van der Waals surface area (Å²) >= 11 is 11.0. The van der Waals surface area contributed by atoms with Gasteiger partial charge < -0.3 is 0 Å². The number of hydrogen-bond acceptors (Lipinski definition) is 0. The number of alkyl halides is 3. The summed E-state index contributed by atoms with van der Waals surface area (Å²) in [6, 6.07) is 0. The average molecular weight is 347 g/mol. The van der Waals surface area contributed by atoms with E-state index in [4.69, 9.17) is 0 Å². The summed E-state index contributed by atoms with van der Waals surface area (Å²) in [5, 5.41) is 1.06. The van der Waals surface area contributed by atoms with Crippen molar-refractivity contribution in [3.05, 3.63) is 12.2 Å². The van der Waals surface area contributed by atoms with Crippen molar-refractivity contribution in [2.45, 2.75) is 28.4 Å².